The van der Waals surface area contributed by atoms with Crippen molar-refractivity contribution in [3.05, 3.63) is 29.8 Å². The summed E-state index contributed by atoms with van der Waals surface area (Å²) in [6.07, 6.45) is 0.630. The molecule has 2 amide bonds. The highest BCUT2D eigenvalue weighted by Crippen LogP contribution is 2.16. The smallest absolute Gasteiger partial charge is 0.315 e. The minimum Gasteiger partial charge on any atom is -0.548 e. The number of carbonyl (C=O) groups is 2. The van der Waals surface area contributed by atoms with E-state index < -0.39 is 18.0 Å². The molecule has 0 aliphatic carbocycles. The Bertz CT molecular complexity index is 490. The lowest BCUT2D eigenvalue weighted by atomic mass is 9.99. The lowest BCUT2D eigenvalue weighted by molar-refractivity contribution is -0.309. The summed E-state index contributed by atoms with van der Waals surface area (Å²) >= 11 is 0. The summed E-state index contributed by atoms with van der Waals surface area (Å²) in [4.78, 5) is 22.8. The van der Waals surface area contributed by atoms with Gasteiger partial charge in [-0.25, -0.2) is 4.79 Å². The average molecular weight is 293 g/mol. The zero-order valence-electron chi connectivity index (χ0n) is 12.5. The third kappa shape index (κ3) is 4.98. The van der Waals surface area contributed by atoms with Gasteiger partial charge in [-0.2, -0.15) is 0 Å². The van der Waals surface area contributed by atoms with Crippen LogP contribution >= 0.6 is 0 Å². The van der Waals surface area contributed by atoms with E-state index in [1.807, 2.05) is 25.1 Å². The largest absolute Gasteiger partial charge is 0.548 e. The van der Waals surface area contributed by atoms with Crippen LogP contribution in [0.4, 0.5) is 4.79 Å². The third-order valence-corrected chi connectivity index (χ3v) is 3.39. The van der Waals surface area contributed by atoms with Crippen molar-refractivity contribution in [2.75, 3.05) is 7.11 Å². The quantitative estimate of drug-likeness (QED) is 0.772. The van der Waals surface area contributed by atoms with E-state index >= 15 is 0 Å². The van der Waals surface area contributed by atoms with Gasteiger partial charge < -0.3 is 25.3 Å². The van der Waals surface area contributed by atoms with Gasteiger partial charge in [0.25, 0.3) is 0 Å². The van der Waals surface area contributed by atoms with E-state index in [1.54, 1.807) is 20.1 Å². The number of benzene rings is 1. The van der Waals surface area contributed by atoms with Crippen LogP contribution in [-0.2, 0) is 11.3 Å². The highest BCUT2D eigenvalue weighted by molar-refractivity contribution is 5.81. The van der Waals surface area contributed by atoms with E-state index in [1.165, 1.54) is 0 Å². The molecule has 0 fully saturated rings. The number of carboxylic acid groups (broad SMARTS) is 1. The summed E-state index contributed by atoms with van der Waals surface area (Å²) in [5.41, 5.74) is 0.809. The first kappa shape index (κ1) is 16.8. The molecule has 6 nitrogen and oxygen atoms in total. The van der Waals surface area contributed by atoms with Gasteiger partial charge in [-0.15, -0.1) is 0 Å². The number of rotatable bonds is 7. The molecule has 0 saturated carbocycles. The first-order valence-electron chi connectivity index (χ1n) is 6.86. The summed E-state index contributed by atoms with van der Waals surface area (Å²) in [6, 6.07) is 5.73. The molecular weight excluding hydrogens is 272 g/mol. The number of hydrogen-bond acceptors (Lipinski definition) is 4. The van der Waals surface area contributed by atoms with Crippen molar-refractivity contribution in [1.82, 2.24) is 10.6 Å². The fourth-order valence-electron chi connectivity index (χ4n) is 1.89. The second-order valence-electron chi connectivity index (χ2n) is 4.82. The molecule has 1 rings (SSSR count). The number of aliphatic carboxylic acids is 1. The number of urea groups is 1. The second kappa shape index (κ2) is 8.14. The number of amides is 2. The summed E-state index contributed by atoms with van der Waals surface area (Å²) in [7, 11) is 1.55. The molecule has 0 aromatic heterocycles. The van der Waals surface area contributed by atoms with Gasteiger partial charge in [-0.05, 0) is 12.0 Å². The lowest BCUT2D eigenvalue weighted by Gasteiger charge is -2.25. The summed E-state index contributed by atoms with van der Waals surface area (Å²) < 4.78 is 5.18. The van der Waals surface area contributed by atoms with Crippen LogP contribution in [-0.4, -0.2) is 25.2 Å². The maximum Gasteiger partial charge on any atom is 0.315 e. The summed E-state index contributed by atoms with van der Waals surface area (Å²) in [5, 5.41) is 16.1. The van der Waals surface area contributed by atoms with Crippen LogP contribution in [0.5, 0.6) is 5.75 Å². The van der Waals surface area contributed by atoms with Gasteiger partial charge in [0, 0.05) is 12.1 Å². The normalized spacial score (nSPS) is 13.1. The second-order valence-corrected chi connectivity index (χ2v) is 4.82. The number of nitrogens with one attached hydrogen (secondary N) is 2. The highest BCUT2D eigenvalue weighted by atomic mass is 16.5. The van der Waals surface area contributed by atoms with Crippen molar-refractivity contribution >= 4 is 12.0 Å². The zero-order chi connectivity index (χ0) is 15.8. The van der Waals surface area contributed by atoms with Gasteiger partial charge in [0.1, 0.15) is 5.75 Å². The Balaban J connectivity index is 2.59. The molecular formula is C15H21N2O4-. The van der Waals surface area contributed by atoms with E-state index in [4.69, 9.17) is 4.74 Å². The fraction of sp³-hybridized carbons (Fsp3) is 0.467. The van der Waals surface area contributed by atoms with Gasteiger partial charge in [0.15, 0.2) is 0 Å². The van der Waals surface area contributed by atoms with Gasteiger partial charge in [-0.1, -0.05) is 38.5 Å². The maximum absolute atomic E-state index is 11.8. The molecule has 0 bridgehead atoms. The predicted molar refractivity (Wildman–Crippen MR) is 76.6 cm³/mol. The molecule has 116 valence electrons. The maximum atomic E-state index is 11.8. The number of carbonyl (C=O) groups excluding carboxylic acids is 2. The molecule has 6 heteroatoms. The van der Waals surface area contributed by atoms with Gasteiger partial charge in [0.05, 0.1) is 19.1 Å². The van der Waals surface area contributed by atoms with Gasteiger partial charge >= 0.3 is 6.03 Å². The Kier molecular flexibility index (Phi) is 6.52. The Labute approximate surface area is 124 Å². The van der Waals surface area contributed by atoms with Crippen molar-refractivity contribution in [3.63, 3.8) is 0 Å². The van der Waals surface area contributed by atoms with Crippen LogP contribution in [0.1, 0.15) is 25.8 Å². The highest BCUT2D eigenvalue weighted by Gasteiger charge is 2.19. The van der Waals surface area contributed by atoms with Crippen molar-refractivity contribution < 1.29 is 19.4 Å². The van der Waals surface area contributed by atoms with Crippen LogP contribution < -0.4 is 20.5 Å². The predicted octanol–water partition coefficient (Wildman–Crippen LogP) is 0.659. The van der Waals surface area contributed by atoms with Crippen molar-refractivity contribution in [3.8, 4) is 5.75 Å². The number of para-hydroxylation sites is 1. The zero-order valence-corrected chi connectivity index (χ0v) is 12.5. The standard InChI is InChI=1S/C15H22N2O4/c1-4-10(2)13(14(18)19)17-15(20)16-9-11-7-5-6-8-12(11)21-3/h5-8,10,13H,4,9H2,1-3H3,(H,18,19)(H2,16,17,20)/p-1/t10-,13+/m1/s1. The van der Waals surface area contributed by atoms with E-state index in [2.05, 4.69) is 10.6 Å². The lowest BCUT2D eigenvalue weighted by Crippen LogP contribution is -2.53. The molecule has 0 heterocycles. The fourth-order valence-corrected chi connectivity index (χ4v) is 1.89. The number of carboxylic acids is 1. The molecule has 0 aliphatic rings. The molecule has 0 saturated heterocycles. The molecule has 0 aliphatic heterocycles. The monoisotopic (exact) mass is 293 g/mol. The number of ether oxygens (including phenoxy) is 1. The van der Waals surface area contributed by atoms with Gasteiger partial charge in [0.2, 0.25) is 0 Å². The molecule has 2 atom stereocenters. The Morgan fingerprint density at radius 2 is 2.00 bits per heavy atom. The van der Waals surface area contributed by atoms with Crippen LogP contribution in [0.2, 0.25) is 0 Å². The van der Waals surface area contributed by atoms with Gasteiger partial charge in [-0.3, -0.25) is 0 Å². The van der Waals surface area contributed by atoms with E-state index in [0.717, 1.165) is 5.56 Å². The SMILES string of the molecule is CC[C@@H](C)[C@H](NC(=O)NCc1ccccc1OC)C(=O)[O-]. The van der Waals surface area contributed by atoms with Crippen LogP contribution in [0.15, 0.2) is 24.3 Å². The molecule has 2 N–H and O–H groups in total. The van der Waals surface area contributed by atoms with E-state index in [9.17, 15) is 14.7 Å². The molecule has 0 unspecified atom stereocenters. The molecule has 1 aromatic rings. The van der Waals surface area contributed by atoms with Crippen LogP contribution in [0.25, 0.3) is 0 Å². The van der Waals surface area contributed by atoms with Crippen LogP contribution in [0, 0.1) is 5.92 Å². The summed E-state index contributed by atoms with van der Waals surface area (Å²) in [6.45, 7) is 3.85. The van der Waals surface area contributed by atoms with E-state index in [0.29, 0.717) is 12.2 Å². The Hall–Kier alpha value is -2.24. The minimum absolute atomic E-state index is 0.202. The van der Waals surface area contributed by atoms with Crippen molar-refractivity contribution in [2.45, 2.75) is 32.9 Å². The number of hydrogen-bond donors (Lipinski definition) is 2. The molecule has 1 aromatic carbocycles. The topological polar surface area (TPSA) is 90.5 Å². The average Bonchev–Trinajstić information content (AvgIpc) is 2.49. The minimum atomic E-state index is -1.28. The Morgan fingerprint density at radius 1 is 1.33 bits per heavy atom. The molecule has 0 radical (unpaired) electrons. The van der Waals surface area contributed by atoms with Crippen LogP contribution in [0.3, 0.4) is 0 Å². The Morgan fingerprint density at radius 3 is 2.57 bits per heavy atom. The number of methoxy groups -OCH3 is 1. The van der Waals surface area contributed by atoms with Crippen molar-refractivity contribution in [1.29, 1.82) is 0 Å². The first-order chi connectivity index (χ1) is 9.99. The van der Waals surface area contributed by atoms with Crippen molar-refractivity contribution in [2.24, 2.45) is 5.92 Å². The third-order valence-electron chi connectivity index (χ3n) is 3.39. The molecule has 0 spiro atoms. The summed E-state index contributed by atoms with van der Waals surface area (Å²) in [5.74, 6) is -0.819. The van der Waals surface area contributed by atoms with E-state index in [-0.39, 0.29) is 12.5 Å². The molecule has 21 heavy (non-hydrogen) atoms. The first-order valence-corrected chi connectivity index (χ1v) is 6.86.